The van der Waals surface area contributed by atoms with Crippen molar-refractivity contribution in [3.63, 3.8) is 0 Å². The Hall–Kier alpha value is -0.740. The first-order chi connectivity index (χ1) is 6.02. The molecule has 1 unspecified atom stereocenters. The highest BCUT2D eigenvalue weighted by molar-refractivity contribution is 6.31. The number of carbonyl (C=O) groups is 1. The zero-order valence-corrected chi connectivity index (χ0v) is 8.38. The fourth-order valence-electron chi connectivity index (χ4n) is 0.838. The number of aliphatic carboxylic acids is 1. The van der Waals surface area contributed by atoms with Gasteiger partial charge in [-0.1, -0.05) is 11.6 Å². The van der Waals surface area contributed by atoms with Crippen LogP contribution in [0.25, 0.3) is 0 Å². The Balaban J connectivity index is 2.74. The number of alkyl halides is 1. The Morgan fingerprint density at radius 2 is 2.46 bits per heavy atom. The van der Waals surface area contributed by atoms with Crippen LogP contribution in [-0.2, 0) is 11.3 Å². The molecule has 0 saturated heterocycles. The van der Waals surface area contributed by atoms with Crippen LogP contribution in [-0.4, -0.2) is 26.2 Å². The maximum absolute atomic E-state index is 10.4. The molecule has 0 spiro atoms. The predicted molar refractivity (Wildman–Crippen MR) is 49.3 cm³/mol. The van der Waals surface area contributed by atoms with E-state index in [1.165, 1.54) is 10.9 Å². The van der Waals surface area contributed by atoms with Gasteiger partial charge in [0.05, 0.1) is 23.5 Å². The van der Waals surface area contributed by atoms with E-state index in [0.717, 1.165) is 0 Å². The Morgan fingerprint density at radius 3 is 2.85 bits per heavy atom. The van der Waals surface area contributed by atoms with Gasteiger partial charge in [-0.3, -0.25) is 9.48 Å². The van der Waals surface area contributed by atoms with Crippen LogP contribution in [0, 0.1) is 6.92 Å². The van der Waals surface area contributed by atoms with E-state index in [4.69, 9.17) is 28.3 Å². The molecule has 1 heterocycles. The van der Waals surface area contributed by atoms with Gasteiger partial charge < -0.3 is 5.11 Å². The average molecular weight is 223 g/mol. The van der Waals surface area contributed by atoms with Crippen LogP contribution in [0.15, 0.2) is 6.20 Å². The van der Waals surface area contributed by atoms with Crippen LogP contribution in [0.3, 0.4) is 0 Å². The Kier molecular flexibility index (Phi) is 3.17. The van der Waals surface area contributed by atoms with Crippen molar-refractivity contribution in [2.24, 2.45) is 0 Å². The van der Waals surface area contributed by atoms with Crippen molar-refractivity contribution in [3.8, 4) is 0 Å². The highest BCUT2D eigenvalue weighted by atomic mass is 35.5. The second kappa shape index (κ2) is 3.98. The molecule has 1 aromatic heterocycles. The third-order valence-electron chi connectivity index (χ3n) is 1.64. The van der Waals surface area contributed by atoms with Gasteiger partial charge in [-0.15, -0.1) is 11.6 Å². The summed E-state index contributed by atoms with van der Waals surface area (Å²) in [6.07, 6.45) is 1.46. The quantitative estimate of drug-likeness (QED) is 0.790. The van der Waals surface area contributed by atoms with Crippen LogP contribution < -0.4 is 0 Å². The molecule has 0 bridgehead atoms. The molecule has 1 N–H and O–H groups in total. The fraction of sp³-hybridized carbons (Fsp3) is 0.429. The second-order valence-corrected chi connectivity index (χ2v) is 3.50. The Morgan fingerprint density at radius 1 is 1.85 bits per heavy atom. The molecule has 1 atom stereocenters. The number of nitrogens with zero attached hydrogens (tertiary/aromatic N) is 2. The molecular formula is C7H8Cl2N2O2. The van der Waals surface area contributed by atoms with Crippen LogP contribution in [0.1, 0.15) is 5.69 Å². The summed E-state index contributed by atoms with van der Waals surface area (Å²) in [6, 6.07) is 0. The summed E-state index contributed by atoms with van der Waals surface area (Å²) < 4.78 is 1.47. The predicted octanol–water partition coefficient (Wildman–Crippen LogP) is 1.54. The molecule has 0 amide bonds. The molecule has 1 aromatic rings. The van der Waals surface area contributed by atoms with Gasteiger partial charge in [-0.05, 0) is 6.92 Å². The van der Waals surface area contributed by atoms with Crippen LogP contribution >= 0.6 is 23.2 Å². The van der Waals surface area contributed by atoms with E-state index >= 15 is 0 Å². The second-order valence-electron chi connectivity index (χ2n) is 2.57. The molecule has 0 aromatic carbocycles. The number of hydrogen-bond donors (Lipinski definition) is 1. The third-order valence-corrected chi connectivity index (χ3v) is 2.34. The maximum Gasteiger partial charge on any atom is 0.323 e. The lowest BCUT2D eigenvalue weighted by Gasteiger charge is -2.06. The van der Waals surface area contributed by atoms with Gasteiger partial charge in [-0.2, -0.15) is 5.10 Å². The summed E-state index contributed by atoms with van der Waals surface area (Å²) >= 11 is 11.2. The lowest BCUT2D eigenvalue weighted by Crippen LogP contribution is -2.21. The molecule has 1 rings (SSSR count). The van der Waals surface area contributed by atoms with Gasteiger partial charge in [-0.25, -0.2) is 0 Å². The Bertz CT molecular complexity index is 324. The normalized spacial score (nSPS) is 12.8. The number of hydrogen-bond acceptors (Lipinski definition) is 2. The third kappa shape index (κ3) is 2.35. The van der Waals surface area contributed by atoms with Gasteiger partial charge in [0, 0.05) is 0 Å². The van der Waals surface area contributed by atoms with Crippen molar-refractivity contribution in [2.45, 2.75) is 18.8 Å². The number of rotatable bonds is 3. The van der Waals surface area contributed by atoms with Gasteiger partial charge in [0.25, 0.3) is 0 Å². The van der Waals surface area contributed by atoms with Crippen LogP contribution in [0.5, 0.6) is 0 Å². The maximum atomic E-state index is 10.4. The fourth-order valence-corrected chi connectivity index (χ4v) is 1.11. The summed E-state index contributed by atoms with van der Waals surface area (Å²) in [5.74, 6) is -1.06. The Labute approximate surface area is 85.1 Å². The number of carboxylic acids is 1. The van der Waals surface area contributed by atoms with Crippen molar-refractivity contribution in [3.05, 3.63) is 16.9 Å². The zero-order valence-electron chi connectivity index (χ0n) is 6.87. The van der Waals surface area contributed by atoms with Crippen molar-refractivity contribution >= 4 is 29.2 Å². The molecule has 0 radical (unpaired) electrons. The lowest BCUT2D eigenvalue weighted by molar-refractivity contribution is -0.136. The molecule has 0 aliphatic rings. The molecule has 0 saturated carbocycles. The highest BCUT2D eigenvalue weighted by Crippen LogP contribution is 2.14. The summed E-state index contributed by atoms with van der Waals surface area (Å²) in [4.78, 5) is 10.4. The largest absolute Gasteiger partial charge is 0.480 e. The molecule has 6 heteroatoms. The molecule has 0 aliphatic carbocycles. The van der Waals surface area contributed by atoms with E-state index in [9.17, 15) is 4.79 Å². The standard InChI is InChI=1S/C7H8Cl2N2O2/c1-4-5(8)2-10-11(4)3-6(9)7(12)13/h2,6H,3H2,1H3,(H,12,13). The van der Waals surface area contributed by atoms with Crippen molar-refractivity contribution in [2.75, 3.05) is 0 Å². The summed E-state index contributed by atoms with van der Waals surface area (Å²) in [6.45, 7) is 1.87. The van der Waals surface area contributed by atoms with Crippen molar-refractivity contribution in [1.82, 2.24) is 9.78 Å². The summed E-state index contributed by atoms with van der Waals surface area (Å²) in [7, 11) is 0. The van der Waals surface area contributed by atoms with E-state index in [-0.39, 0.29) is 6.54 Å². The number of carboxylic acid groups (broad SMARTS) is 1. The van der Waals surface area contributed by atoms with Crippen molar-refractivity contribution in [1.29, 1.82) is 0 Å². The van der Waals surface area contributed by atoms with Gasteiger partial charge in [0.2, 0.25) is 0 Å². The molecular weight excluding hydrogens is 215 g/mol. The van der Waals surface area contributed by atoms with Gasteiger partial charge in [0.15, 0.2) is 5.38 Å². The minimum Gasteiger partial charge on any atom is -0.480 e. The summed E-state index contributed by atoms with van der Waals surface area (Å²) in [5, 5.41) is 11.9. The van der Waals surface area contributed by atoms with Crippen LogP contribution in [0.2, 0.25) is 5.02 Å². The molecule has 13 heavy (non-hydrogen) atoms. The van der Waals surface area contributed by atoms with Gasteiger partial charge in [0.1, 0.15) is 0 Å². The lowest BCUT2D eigenvalue weighted by atomic mass is 10.4. The average Bonchev–Trinajstić information content (AvgIpc) is 2.36. The molecule has 72 valence electrons. The van der Waals surface area contributed by atoms with E-state index < -0.39 is 11.3 Å². The van der Waals surface area contributed by atoms with E-state index in [1.807, 2.05) is 0 Å². The van der Waals surface area contributed by atoms with E-state index in [1.54, 1.807) is 6.92 Å². The van der Waals surface area contributed by atoms with E-state index in [0.29, 0.717) is 10.7 Å². The van der Waals surface area contributed by atoms with Crippen molar-refractivity contribution < 1.29 is 9.90 Å². The van der Waals surface area contributed by atoms with E-state index in [2.05, 4.69) is 5.10 Å². The minimum atomic E-state index is -1.06. The number of aromatic nitrogens is 2. The highest BCUT2D eigenvalue weighted by Gasteiger charge is 2.16. The SMILES string of the molecule is Cc1c(Cl)cnn1CC(Cl)C(=O)O. The first-order valence-electron chi connectivity index (χ1n) is 3.57. The monoisotopic (exact) mass is 222 g/mol. The first-order valence-corrected chi connectivity index (χ1v) is 4.38. The topological polar surface area (TPSA) is 55.1 Å². The molecule has 4 nitrogen and oxygen atoms in total. The minimum absolute atomic E-state index is 0.120. The summed E-state index contributed by atoms with van der Waals surface area (Å²) in [5.41, 5.74) is 0.716. The number of halogens is 2. The van der Waals surface area contributed by atoms with Gasteiger partial charge >= 0.3 is 5.97 Å². The smallest absolute Gasteiger partial charge is 0.323 e. The molecule has 0 aliphatic heterocycles. The first kappa shape index (κ1) is 10.3. The molecule has 0 fully saturated rings. The van der Waals surface area contributed by atoms with Crippen LogP contribution in [0.4, 0.5) is 0 Å². The zero-order chi connectivity index (χ0) is 10.0.